The third-order valence-corrected chi connectivity index (χ3v) is 2.84. The first kappa shape index (κ1) is 12.0. The van der Waals surface area contributed by atoms with E-state index in [9.17, 15) is 0 Å². The second-order valence-corrected chi connectivity index (χ2v) is 4.05. The Kier molecular flexibility index (Phi) is 4.01. The normalized spacial score (nSPS) is 12.8. The zero-order valence-corrected chi connectivity index (χ0v) is 9.93. The van der Waals surface area contributed by atoms with Crippen LogP contribution in [-0.2, 0) is 6.54 Å². The van der Waals surface area contributed by atoms with Gasteiger partial charge in [-0.25, -0.2) is 0 Å². The molecular weight excluding hydrogens is 214 g/mol. The molecule has 0 radical (unpaired) electrons. The van der Waals surface area contributed by atoms with Crippen LogP contribution in [0.2, 0.25) is 0 Å². The Labute approximate surface area is 101 Å². The molecule has 0 unspecified atom stereocenters. The van der Waals surface area contributed by atoms with Crippen molar-refractivity contribution in [3.63, 3.8) is 0 Å². The van der Waals surface area contributed by atoms with E-state index in [0.29, 0.717) is 0 Å². The second-order valence-electron chi connectivity index (χ2n) is 4.05. The van der Waals surface area contributed by atoms with Crippen molar-refractivity contribution in [2.24, 2.45) is 0 Å². The molecule has 1 heterocycles. The first-order chi connectivity index (χ1) is 8.33. The highest BCUT2D eigenvalue weighted by atomic mass is 16.3. The molecule has 4 heteroatoms. The predicted molar refractivity (Wildman–Crippen MR) is 67.5 cm³/mol. The molecule has 0 saturated heterocycles. The summed E-state index contributed by atoms with van der Waals surface area (Å²) in [7, 11) is 0. The molecule has 0 aliphatic heterocycles. The molecule has 2 rings (SSSR count). The standard InChI is InChI=1S/C13H17N3O/c1-2-11(9-17)16-8-10-3-4-12-13(7-10)15-6-5-14-12/h3-7,11,16-17H,2,8-9H2,1H3/t11-/m0/s1. The molecule has 17 heavy (non-hydrogen) atoms. The van der Waals surface area contributed by atoms with Gasteiger partial charge >= 0.3 is 0 Å². The number of nitrogens with zero attached hydrogens (tertiary/aromatic N) is 2. The molecule has 0 saturated carbocycles. The molecule has 4 nitrogen and oxygen atoms in total. The summed E-state index contributed by atoms with van der Waals surface area (Å²) < 4.78 is 0. The molecule has 90 valence electrons. The molecule has 1 atom stereocenters. The van der Waals surface area contributed by atoms with Gasteiger partial charge in [-0.2, -0.15) is 0 Å². The van der Waals surface area contributed by atoms with Crippen molar-refractivity contribution in [2.45, 2.75) is 25.9 Å². The average molecular weight is 231 g/mol. The average Bonchev–Trinajstić information content (AvgIpc) is 2.40. The van der Waals surface area contributed by atoms with Gasteiger partial charge in [0.05, 0.1) is 17.6 Å². The summed E-state index contributed by atoms with van der Waals surface area (Å²) in [4.78, 5) is 8.50. The first-order valence-electron chi connectivity index (χ1n) is 5.87. The van der Waals surface area contributed by atoms with Gasteiger partial charge in [-0.1, -0.05) is 13.0 Å². The Morgan fingerprint density at radius 2 is 2.00 bits per heavy atom. The fourth-order valence-electron chi connectivity index (χ4n) is 1.72. The van der Waals surface area contributed by atoms with Gasteiger partial charge in [-0.3, -0.25) is 9.97 Å². The Morgan fingerprint density at radius 1 is 1.24 bits per heavy atom. The van der Waals surface area contributed by atoms with Gasteiger partial charge in [0, 0.05) is 25.0 Å². The topological polar surface area (TPSA) is 58.0 Å². The van der Waals surface area contributed by atoms with Gasteiger partial charge in [-0.15, -0.1) is 0 Å². The van der Waals surface area contributed by atoms with Gasteiger partial charge in [0.15, 0.2) is 0 Å². The summed E-state index contributed by atoms with van der Waals surface area (Å²) in [6, 6.07) is 6.19. The van der Waals surface area contributed by atoms with E-state index in [-0.39, 0.29) is 12.6 Å². The molecule has 0 aliphatic carbocycles. The van der Waals surface area contributed by atoms with Crippen molar-refractivity contribution in [3.05, 3.63) is 36.2 Å². The third-order valence-electron chi connectivity index (χ3n) is 2.84. The van der Waals surface area contributed by atoms with Crippen LogP contribution in [0.1, 0.15) is 18.9 Å². The van der Waals surface area contributed by atoms with Crippen molar-refractivity contribution in [2.75, 3.05) is 6.61 Å². The van der Waals surface area contributed by atoms with Crippen LogP contribution >= 0.6 is 0 Å². The lowest BCUT2D eigenvalue weighted by Gasteiger charge is -2.13. The number of fused-ring (bicyclic) bond motifs is 1. The number of hydrogen-bond donors (Lipinski definition) is 2. The van der Waals surface area contributed by atoms with E-state index < -0.39 is 0 Å². The zero-order chi connectivity index (χ0) is 12.1. The van der Waals surface area contributed by atoms with Gasteiger partial charge in [-0.05, 0) is 24.1 Å². The quantitative estimate of drug-likeness (QED) is 0.818. The van der Waals surface area contributed by atoms with Crippen LogP contribution in [0.5, 0.6) is 0 Å². The number of rotatable bonds is 5. The van der Waals surface area contributed by atoms with Crippen molar-refractivity contribution in [3.8, 4) is 0 Å². The number of aliphatic hydroxyl groups is 1. The van der Waals surface area contributed by atoms with Gasteiger partial charge in [0.25, 0.3) is 0 Å². The van der Waals surface area contributed by atoms with Crippen LogP contribution < -0.4 is 5.32 Å². The number of benzene rings is 1. The van der Waals surface area contributed by atoms with Crippen molar-refractivity contribution >= 4 is 11.0 Å². The molecule has 2 aromatic rings. The van der Waals surface area contributed by atoms with Crippen molar-refractivity contribution in [1.29, 1.82) is 0 Å². The third kappa shape index (κ3) is 2.99. The second kappa shape index (κ2) is 5.70. The maximum atomic E-state index is 9.09. The van der Waals surface area contributed by atoms with Gasteiger partial charge in [0.1, 0.15) is 0 Å². The number of aromatic nitrogens is 2. The minimum absolute atomic E-state index is 0.160. The van der Waals surface area contributed by atoms with E-state index in [2.05, 4.69) is 22.2 Å². The molecule has 0 bridgehead atoms. The van der Waals surface area contributed by atoms with Crippen molar-refractivity contribution < 1.29 is 5.11 Å². The van der Waals surface area contributed by atoms with Crippen LogP contribution in [0, 0.1) is 0 Å². The Morgan fingerprint density at radius 3 is 2.71 bits per heavy atom. The van der Waals surface area contributed by atoms with Crippen LogP contribution in [0.3, 0.4) is 0 Å². The van der Waals surface area contributed by atoms with Crippen LogP contribution in [-0.4, -0.2) is 27.7 Å². The van der Waals surface area contributed by atoms with Crippen LogP contribution in [0.4, 0.5) is 0 Å². The first-order valence-corrected chi connectivity index (χ1v) is 5.87. The van der Waals surface area contributed by atoms with E-state index in [1.54, 1.807) is 12.4 Å². The minimum Gasteiger partial charge on any atom is -0.395 e. The fraction of sp³-hybridized carbons (Fsp3) is 0.385. The molecule has 1 aromatic carbocycles. The minimum atomic E-state index is 0.160. The van der Waals surface area contributed by atoms with E-state index in [1.807, 2.05) is 18.2 Å². The molecule has 2 N–H and O–H groups in total. The maximum absolute atomic E-state index is 9.09. The number of hydrogen-bond acceptors (Lipinski definition) is 4. The molecule has 1 aromatic heterocycles. The molecule has 0 aliphatic rings. The summed E-state index contributed by atoms with van der Waals surface area (Å²) in [5, 5.41) is 12.4. The molecule has 0 fully saturated rings. The smallest absolute Gasteiger partial charge is 0.0890 e. The zero-order valence-electron chi connectivity index (χ0n) is 9.93. The lowest BCUT2D eigenvalue weighted by Crippen LogP contribution is -2.31. The Hall–Kier alpha value is -1.52. The van der Waals surface area contributed by atoms with E-state index in [0.717, 1.165) is 29.6 Å². The summed E-state index contributed by atoms with van der Waals surface area (Å²) in [6.45, 7) is 2.97. The summed E-state index contributed by atoms with van der Waals surface area (Å²) in [5.74, 6) is 0. The number of aliphatic hydroxyl groups excluding tert-OH is 1. The molecule has 0 spiro atoms. The highest BCUT2D eigenvalue weighted by Crippen LogP contribution is 2.10. The summed E-state index contributed by atoms with van der Waals surface area (Å²) in [5.41, 5.74) is 2.97. The van der Waals surface area contributed by atoms with E-state index in [4.69, 9.17) is 5.11 Å². The molecule has 0 amide bonds. The predicted octanol–water partition coefficient (Wildman–Crippen LogP) is 1.49. The Bertz CT molecular complexity index is 483. The highest BCUT2D eigenvalue weighted by molar-refractivity contribution is 5.74. The highest BCUT2D eigenvalue weighted by Gasteiger charge is 2.04. The van der Waals surface area contributed by atoms with E-state index >= 15 is 0 Å². The molecular formula is C13H17N3O. The number of nitrogens with one attached hydrogen (secondary N) is 1. The largest absolute Gasteiger partial charge is 0.395 e. The monoisotopic (exact) mass is 231 g/mol. The van der Waals surface area contributed by atoms with Gasteiger partial charge < -0.3 is 10.4 Å². The SMILES string of the molecule is CC[C@@H](CO)NCc1ccc2nccnc2c1. The van der Waals surface area contributed by atoms with Gasteiger partial charge in [0.2, 0.25) is 0 Å². The van der Waals surface area contributed by atoms with Crippen LogP contribution in [0.15, 0.2) is 30.6 Å². The maximum Gasteiger partial charge on any atom is 0.0890 e. The Balaban J connectivity index is 2.09. The van der Waals surface area contributed by atoms with Crippen molar-refractivity contribution in [1.82, 2.24) is 15.3 Å². The lowest BCUT2D eigenvalue weighted by molar-refractivity contribution is 0.238. The van der Waals surface area contributed by atoms with Crippen LogP contribution in [0.25, 0.3) is 11.0 Å². The van der Waals surface area contributed by atoms with E-state index in [1.165, 1.54) is 0 Å². The summed E-state index contributed by atoms with van der Waals surface area (Å²) >= 11 is 0. The lowest BCUT2D eigenvalue weighted by atomic mass is 10.1. The fourth-order valence-corrected chi connectivity index (χ4v) is 1.72. The summed E-state index contributed by atoms with van der Waals surface area (Å²) in [6.07, 6.45) is 4.31.